The molecular weight excluding hydrogens is 413 g/mol. The topological polar surface area (TPSA) is 104 Å². The SMILES string of the molecule is C[C@]1(CN2CCn3nc(-c4ccc(F)cc4)nc3C2)Cn2cc([N+](=O)[O-])nc2O1.S. The highest BCUT2D eigenvalue weighted by atomic mass is 32.1. The minimum atomic E-state index is -0.528. The van der Waals surface area contributed by atoms with Crippen molar-refractivity contribution in [1.29, 1.82) is 0 Å². The normalized spacial score (nSPS) is 20.2. The van der Waals surface area contributed by atoms with Crippen LogP contribution in [0.1, 0.15) is 12.7 Å². The summed E-state index contributed by atoms with van der Waals surface area (Å²) in [5.41, 5.74) is 0.248. The number of hydrogen-bond acceptors (Lipinski definition) is 7. The summed E-state index contributed by atoms with van der Waals surface area (Å²) in [4.78, 5) is 21.1. The molecule has 0 unspecified atom stereocenters. The molecule has 0 N–H and O–H groups in total. The summed E-state index contributed by atoms with van der Waals surface area (Å²) < 4.78 is 22.6. The summed E-state index contributed by atoms with van der Waals surface area (Å²) in [6.07, 6.45) is 1.41. The van der Waals surface area contributed by atoms with Crippen molar-refractivity contribution in [2.45, 2.75) is 32.2 Å². The molecule has 0 amide bonds. The molecule has 1 atom stereocenters. The first kappa shape index (κ1) is 20.3. The van der Waals surface area contributed by atoms with E-state index >= 15 is 0 Å². The van der Waals surface area contributed by atoms with E-state index in [0.29, 0.717) is 32.0 Å². The highest BCUT2D eigenvalue weighted by Crippen LogP contribution is 2.32. The largest absolute Gasteiger partial charge is 0.436 e. The molecule has 0 radical (unpaired) electrons. The van der Waals surface area contributed by atoms with E-state index in [4.69, 9.17) is 4.74 Å². The first-order chi connectivity index (χ1) is 13.9. The molecular formula is C18H20FN7O3S. The number of imidazole rings is 1. The molecule has 10 nitrogen and oxygen atoms in total. The van der Waals surface area contributed by atoms with Gasteiger partial charge in [-0.15, -0.1) is 0 Å². The summed E-state index contributed by atoms with van der Waals surface area (Å²) in [6, 6.07) is 6.41. The number of halogens is 1. The summed E-state index contributed by atoms with van der Waals surface area (Å²) in [5, 5.41) is 15.4. The minimum absolute atomic E-state index is 0. The quantitative estimate of drug-likeness (QED) is 0.458. The molecule has 1 aromatic carbocycles. The average molecular weight is 433 g/mol. The van der Waals surface area contributed by atoms with E-state index < -0.39 is 10.5 Å². The van der Waals surface area contributed by atoms with E-state index in [0.717, 1.165) is 17.9 Å². The van der Waals surface area contributed by atoms with E-state index in [9.17, 15) is 14.5 Å². The lowest BCUT2D eigenvalue weighted by molar-refractivity contribution is -0.389. The van der Waals surface area contributed by atoms with Gasteiger partial charge < -0.3 is 14.9 Å². The maximum Gasteiger partial charge on any atom is 0.415 e. The first-order valence-electron chi connectivity index (χ1n) is 9.21. The predicted octanol–water partition coefficient (Wildman–Crippen LogP) is 1.97. The number of ether oxygens (including phenoxy) is 1. The van der Waals surface area contributed by atoms with Crippen LogP contribution in [-0.4, -0.2) is 52.8 Å². The summed E-state index contributed by atoms with van der Waals surface area (Å²) in [6.45, 7) is 5.17. The van der Waals surface area contributed by atoms with Gasteiger partial charge in [-0.05, 0) is 36.1 Å². The van der Waals surface area contributed by atoms with Crippen molar-refractivity contribution < 1.29 is 14.1 Å². The van der Waals surface area contributed by atoms with Crippen molar-refractivity contribution >= 4 is 19.3 Å². The van der Waals surface area contributed by atoms with Gasteiger partial charge in [-0.2, -0.15) is 18.6 Å². The van der Waals surface area contributed by atoms with E-state index in [2.05, 4.69) is 20.0 Å². The second-order valence-corrected chi connectivity index (χ2v) is 7.61. The number of nitro groups is 1. The zero-order valence-electron chi connectivity index (χ0n) is 16.2. The molecule has 0 fully saturated rings. The van der Waals surface area contributed by atoms with Crippen LogP contribution in [0.4, 0.5) is 10.2 Å². The highest BCUT2D eigenvalue weighted by Gasteiger charge is 2.42. The molecule has 3 aromatic rings. The molecule has 0 aliphatic carbocycles. The lowest BCUT2D eigenvalue weighted by Crippen LogP contribution is -2.47. The smallest absolute Gasteiger partial charge is 0.415 e. The lowest BCUT2D eigenvalue weighted by Gasteiger charge is -2.32. The van der Waals surface area contributed by atoms with Gasteiger partial charge in [0.2, 0.25) is 0 Å². The van der Waals surface area contributed by atoms with Crippen molar-refractivity contribution in [2.24, 2.45) is 0 Å². The van der Waals surface area contributed by atoms with Crippen LogP contribution in [0.2, 0.25) is 0 Å². The standard InChI is InChI=1S/C18H18FN7O3.H2S/c1-18(11-24-9-15(26(27)28)21-17(24)29-18)10-23-6-7-25-14(8-23)20-16(22-25)12-2-4-13(19)5-3-12;/h2-5,9H,6-8,10-11H2,1H3;1H2/t18-;/m0./s1. The van der Waals surface area contributed by atoms with E-state index in [1.165, 1.54) is 18.3 Å². The minimum Gasteiger partial charge on any atom is -0.436 e. The Morgan fingerprint density at radius 3 is 2.73 bits per heavy atom. The van der Waals surface area contributed by atoms with Crippen LogP contribution < -0.4 is 4.74 Å². The third kappa shape index (κ3) is 3.63. The van der Waals surface area contributed by atoms with Crippen molar-refractivity contribution in [2.75, 3.05) is 13.1 Å². The van der Waals surface area contributed by atoms with Crippen LogP contribution in [0.5, 0.6) is 6.01 Å². The van der Waals surface area contributed by atoms with Crippen LogP contribution in [0.25, 0.3) is 11.4 Å². The second kappa shape index (κ2) is 7.36. The fraction of sp³-hybridized carbons (Fsp3) is 0.389. The second-order valence-electron chi connectivity index (χ2n) is 7.61. The molecule has 5 rings (SSSR count). The van der Waals surface area contributed by atoms with Crippen molar-refractivity contribution in [3.63, 3.8) is 0 Å². The van der Waals surface area contributed by atoms with Gasteiger partial charge in [-0.3, -0.25) is 9.47 Å². The molecule has 0 bridgehead atoms. The van der Waals surface area contributed by atoms with Gasteiger partial charge in [0.25, 0.3) is 0 Å². The first-order valence-corrected chi connectivity index (χ1v) is 9.21. The van der Waals surface area contributed by atoms with Gasteiger partial charge in [0, 0.05) is 23.6 Å². The number of fused-ring (bicyclic) bond motifs is 2. The fourth-order valence-electron chi connectivity index (χ4n) is 3.88. The molecule has 12 heteroatoms. The van der Waals surface area contributed by atoms with Crippen molar-refractivity contribution in [3.8, 4) is 17.4 Å². The van der Waals surface area contributed by atoms with Gasteiger partial charge in [0.1, 0.15) is 23.4 Å². The van der Waals surface area contributed by atoms with E-state index in [-0.39, 0.29) is 31.1 Å². The molecule has 4 heterocycles. The van der Waals surface area contributed by atoms with Crippen LogP contribution in [0.15, 0.2) is 30.5 Å². The zero-order valence-corrected chi connectivity index (χ0v) is 17.2. The molecule has 30 heavy (non-hydrogen) atoms. The van der Waals surface area contributed by atoms with Crippen LogP contribution >= 0.6 is 13.5 Å². The maximum atomic E-state index is 13.1. The molecule has 0 saturated carbocycles. The zero-order chi connectivity index (χ0) is 20.2. The fourth-order valence-corrected chi connectivity index (χ4v) is 3.88. The molecule has 158 valence electrons. The highest BCUT2D eigenvalue weighted by molar-refractivity contribution is 7.59. The van der Waals surface area contributed by atoms with Crippen LogP contribution in [0.3, 0.4) is 0 Å². The Labute approximate surface area is 177 Å². The van der Waals surface area contributed by atoms with Gasteiger partial charge >= 0.3 is 11.8 Å². The van der Waals surface area contributed by atoms with Gasteiger partial charge in [-0.1, -0.05) is 0 Å². The number of benzene rings is 1. The number of aromatic nitrogens is 5. The van der Waals surface area contributed by atoms with Gasteiger partial charge in [0.15, 0.2) is 5.82 Å². The Bertz CT molecular complexity index is 1070. The monoisotopic (exact) mass is 433 g/mol. The Morgan fingerprint density at radius 2 is 2.03 bits per heavy atom. The molecule has 2 aliphatic rings. The summed E-state index contributed by atoms with van der Waals surface area (Å²) in [7, 11) is 0. The molecule has 0 spiro atoms. The summed E-state index contributed by atoms with van der Waals surface area (Å²) in [5.74, 6) is 0.920. The predicted molar refractivity (Wildman–Crippen MR) is 109 cm³/mol. The number of nitrogens with zero attached hydrogens (tertiary/aromatic N) is 7. The van der Waals surface area contributed by atoms with Crippen LogP contribution in [0, 0.1) is 15.9 Å². The molecule has 2 aliphatic heterocycles. The molecule has 0 saturated heterocycles. The van der Waals surface area contributed by atoms with Crippen molar-refractivity contribution in [3.05, 3.63) is 52.2 Å². The van der Waals surface area contributed by atoms with Gasteiger partial charge in [0.05, 0.1) is 19.6 Å². The maximum absolute atomic E-state index is 13.1. The Kier molecular flexibility index (Phi) is 4.98. The summed E-state index contributed by atoms with van der Waals surface area (Å²) >= 11 is 0. The van der Waals surface area contributed by atoms with Gasteiger partial charge in [-0.25, -0.2) is 14.1 Å². The number of hydrogen-bond donors (Lipinski definition) is 0. The third-order valence-corrected chi connectivity index (χ3v) is 5.16. The lowest BCUT2D eigenvalue weighted by atomic mass is 10.1. The van der Waals surface area contributed by atoms with Crippen LogP contribution in [-0.2, 0) is 19.6 Å². The van der Waals surface area contributed by atoms with E-state index in [1.54, 1.807) is 16.7 Å². The van der Waals surface area contributed by atoms with E-state index in [1.807, 2.05) is 11.6 Å². The number of rotatable bonds is 4. The van der Waals surface area contributed by atoms with Crippen molar-refractivity contribution in [1.82, 2.24) is 29.2 Å². The molecule has 2 aromatic heterocycles. The average Bonchev–Trinajstić information content (AvgIpc) is 3.33. The Morgan fingerprint density at radius 1 is 1.27 bits per heavy atom. The third-order valence-electron chi connectivity index (χ3n) is 5.16. The Balaban J connectivity index is 0.00000218. The Hall–Kier alpha value is -2.99.